The van der Waals surface area contributed by atoms with Crippen LogP contribution in [0.15, 0.2) is 0 Å². The maximum absolute atomic E-state index is 3.71. The number of unbranched alkanes of at least 4 members (excludes halogenated alkanes) is 7. The number of hydrogen-bond donors (Lipinski definition) is 1. The molecule has 0 saturated carbocycles. The molecule has 16 heavy (non-hydrogen) atoms. The first-order chi connectivity index (χ1) is 7.93. The third-order valence-electron chi connectivity index (χ3n) is 3.39. The molecule has 1 fully saturated rings. The minimum absolute atomic E-state index is 0.893. The van der Waals surface area contributed by atoms with E-state index in [1.165, 1.54) is 75.0 Å². The Balaban J connectivity index is 1.71. The van der Waals surface area contributed by atoms with Gasteiger partial charge < -0.3 is 0 Å². The molecule has 0 aromatic rings. The van der Waals surface area contributed by atoms with Gasteiger partial charge in [-0.1, -0.05) is 6.92 Å². The Morgan fingerprint density at radius 3 is 2.31 bits per heavy atom. The van der Waals surface area contributed by atoms with Gasteiger partial charge in [-0.3, -0.25) is 0 Å². The van der Waals surface area contributed by atoms with Crippen LogP contribution < -0.4 is 5.32 Å². The molecule has 0 spiro atoms. The Bertz CT molecular complexity index is 144. The van der Waals surface area contributed by atoms with Gasteiger partial charge in [0.2, 0.25) is 0 Å². The summed E-state index contributed by atoms with van der Waals surface area (Å²) in [5, 5.41) is 6.71. The van der Waals surface area contributed by atoms with E-state index in [1.54, 1.807) is 0 Å². The van der Waals surface area contributed by atoms with Gasteiger partial charge in [0.05, 0.1) is 0 Å². The van der Waals surface area contributed by atoms with Crippen molar-refractivity contribution in [2.24, 2.45) is 0 Å². The van der Waals surface area contributed by atoms with E-state index in [2.05, 4.69) is 12.2 Å². The number of nitrogens with one attached hydrogen (secondary N) is 1. The van der Waals surface area contributed by atoms with Crippen LogP contribution in [0.5, 0.6) is 0 Å². The average Bonchev–Trinajstić information content (AvgIpc) is 2.80. The molecular weight excluding hydrogens is 261 g/mol. The van der Waals surface area contributed by atoms with Crippen molar-refractivity contribution in [3.63, 3.8) is 0 Å². The van der Waals surface area contributed by atoms with Crippen LogP contribution in [0.25, 0.3) is 0 Å². The van der Waals surface area contributed by atoms with Gasteiger partial charge in [0.1, 0.15) is 0 Å². The first-order valence-corrected chi connectivity index (χ1v) is 9.67. The van der Waals surface area contributed by atoms with Gasteiger partial charge in [0.25, 0.3) is 0 Å². The van der Waals surface area contributed by atoms with Crippen LogP contribution in [0.1, 0.15) is 64.7 Å². The van der Waals surface area contributed by atoms with Crippen LogP contribution in [-0.2, 0) is 0 Å². The third-order valence-corrected chi connectivity index (χ3v) is 5.83. The van der Waals surface area contributed by atoms with Crippen LogP contribution >= 0.6 is 0 Å². The third kappa shape index (κ3) is 7.70. The second kappa shape index (κ2) is 10.6. The van der Waals surface area contributed by atoms with Gasteiger partial charge in [-0.2, -0.15) is 0 Å². The monoisotopic (exact) mass is 291 g/mol. The first kappa shape index (κ1) is 14.5. The number of rotatable bonds is 10. The summed E-state index contributed by atoms with van der Waals surface area (Å²) in [6.07, 6.45) is 12.9. The zero-order chi connectivity index (χ0) is 11.5. The Labute approximate surface area is 108 Å². The topological polar surface area (TPSA) is 12.0 Å². The zero-order valence-corrected chi connectivity index (χ0v) is 12.7. The fraction of sp³-hybridized carbons (Fsp3) is 1.00. The molecule has 0 amide bonds. The predicted molar refractivity (Wildman–Crippen MR) is 74.4 cm³/mol. The molecule has 1 heterocycles. The molecule has 2 heteroatoms. The van der Waals surface area contributed by atoms with Crippen molar-refractivity contribution >= 4 is 15.0 Å². The summed E-state index contributed by atoms with van der Waals surface area (Å²) in [6.45, 7) is 3.56. The summed E-state index contributed by atoms with van der Waals surface area (Å²) < 4.78 is 0. The summed E-state index contributed by atoms with van der Waals surface area (Å²) in [6, 6.07) is 0.893. The second-order valence-corrected chi connectivity index (χ2v) is 7.40. The van der Waals surface area contributed by atoms with Crippen molar-refractivity contribution in [3.05, 3.63) is 0 Å². The van der Waals surface area contributed by atoms with Crippen molar-refractivity contribution in [2.75, 3.05) is 6.54 Å². The standard InChI is InChI=1S/C14H29NSe/c1-2-3-4-5-6-7-8-9-11-15-14-10-12-16-13-14/h14-15H,2-13H2,1H3/t14-/m0/s1. The molecule has 1 aliphatic rings. The van der Waals surface area contributed by atoms with Gasteiger partial charge in [-0.05, 0) is 0 Å². The first-order valence-electron chi connectivity index (χ1n) is 7.24. The van der Waals surface area contributed by atoms with E-state index in [0.717, 1.165) is 21.0 Å². The molecule has 1 aliphatic heterocycles. The summed E-state index contributed by atoms with van der Waals surface area (Å²) in [7, 11) is 0. The van der Waals surface area contributed by atoms with Crippen molar-refractivity contribution in [1.82, 2.24) is 5.32 Å². The van der Waals surface area contributed by atoms with Crippen molar-refractivity contribution in [1.29, 1.82) is 0 Å². The molecule has 1 rings (SSSR count). The maximum atomic E-state index is 3.71. The van der Waals surface area contributed by atoms with Crippen LogP contribution in [0.2, 0.25) is 10.6 Å². The summed E-state index contributed by atoms with van der Waals surface area (Å²) >= 11 is 0.969. The molecule has 0 radical (unpaired) electrons. The fourth-order valence-electron chi connectivity index (χ4n) is 2.26. The van der Waals surface area contributed by atoms with E-state index in [-0.39, 0.29) is 0 Å². The molecule has 1 N–H and O–H groups in total. The van der Waals surface area contributed by atoms with Gasteiger partial charge in [-0.15, -0.1) is 0 Å². The van der Waals surface area contributed by atoms with Gasteiger partial charge >= 0.3 is 101 Å². The molecule has 1 saturated heterocycles. The normalized spacial score (nSPS) is 20.4. The Morgan fingerprint density at radius 1 is 1.00 bits per heavy atom. The Morgan fingerprint density at radius 2 is 1.69 bits per heavy atom. The van der Waals surface area contributed by atoms with Crippen LogP contribution in [0.3, 0.4) is 0 Å². The molecule has 1 atom stereocenters. The molecule has 0 unspecified atom stereocenters. The van der Waals surface area contributed by atoms with Gasteiger partial charge in [0.15, 0.2) is 0 Å². The van der Waals surface area contributed by atoms with Crippen LogP contribution in [0.4, 0.5) is 0 Å². The summed E-state index contributed by atoms with van der Waals surface area (Å²) in [4.78, 5) is 0. The van der Waals surface area contributed by atoms with E-state index >= 15 is 0 Å². The van der Waals surface area contributed by atoms with E-state index in [9.17, 15) is 0 Å². The minimum atomic E-state index is 0.893. The van der Waals surface area contributed by atoms with Gasteiger partial charge in [0, 0.05) is 0 Å². The molecule has 0 aromatic heterocycles. The Kier molecular flexibility index (Phi) is 9.65. The van der Waals surface area contributed by atoms with E-state index < -0.39 is 0 Å². The quantitative estimate of drug-likeness (QED) is 0.473. The predicted octanol–water partition coefficient (Wildman–Crippen LogP) is 4.03. The van der Waals surface area contributed by atoms with Crippen LogP contribution in [0, 0.1) is 0 Å². The molecular formula is C14H29NSe. The second-order valence-electron chi connectivity index (χ2n) is 4.99. The van der Waals surface area contributed by atoms with E-state index in [1.807, 2.05) is 0 Å². The molecule has 0 aromatic carbocycles. The fourth-order valence-corrected chi connectivity index (χ4v) is 4.75. The summed E-state index contributed by atoms with van der Waals surface area (Å²) in [5.41, 5.74) is 0. The van der Waals surface area contributed by atoms with Crippen LogP contribution in [-0.4, -0.2) is 27.5 Å². The van der Waals surface area contributed by atoms with E-state index in [0.29, 0.717) is 0 Å². The average molecular weight is 290 g/mol. The summed E-state index contributed by atoms with van der Waals surface area (Å²) in [5.74, 6) is 0. The molecule has 1 nitrogen and oxygen atoms in total. The van der Waals surface area contributed by atoms with E-state index in [4.69, 9.17) is 0 Å². The van der Waals surface area contributed by atoms with Crippen molar-refractivity contribution < 1.29 is 0 Å². The molecule has 0 bridgehead atoms. The van der Waals surface area contributed by atoms with Crippen molar-refractivity contribution in [3.8, 4) is 0 Å². The SMILES string of the molecule is CCCCCCCCCCN[C@H]1CC[Se]C1. The molecule has 0 aliphatic carbocycles. The molecule has 96 valence electrons. The zero-order valence-electron chi connectivity index (χ0n) is 11.0. The Hall–Kier alpha value is 0.479. The number of hydrogen-bond acceptors (Lipinski definition) is 1. The van der Waals surface area contributed by atoms with Gasteiger partial charge in [-0.25, -0.2) is 0 Å². The van der Waals surface area contributed by atoms with Crippen molar-refractivity contribution in [2.45, 2.75) is 81.4 Å².